The first kappa shape index (κ1) is 19.2. The molecule has 2 rings (SSSR count). The van der Waals surface area contributed by atoms with E-state index in [1.807, 2.05) is 38.1 Å². The number of rotatable bonds is 7. The molecule has 1 N–H and O–H groups in total. The Hall–Kier alpha value is -2.08. The molecule has 1 aliphatic heterocycles. The van der Waals surface area contributed by atoms with Gasteiger partial charge in [-0.1, -0.05) is 18.2 Å². The average Bonchev–Trinajstić information content (AvgIpc) is 2.62. The highest BCUT2D eigenvalue weighted by Crippen LogP contribution is 2.24. The zero-order valence-electron chi connectivity index (χ0n) is 15.3. The number of methoxy groups -OCH3 is 1. The number of esters is 1. The van der Waals surface area contributed by atoms with Gasteiger partial charge in [-0.2, -0.15) is 0 Å². The van der Waals surface area contributed by atoms with Crippen LogP contribution in [0.2, 0.25) is 0 Å². The molecule has 1 aromatic carbocycles. The highest BCUT2D eigenvalue weighted by molar-refractivity contribution is 5.78. The number of hydrogen-bond donors (Lipinski definition) is 1. The van der Waals surface area contributed by atoms with Crippen molar-refractivity contribution in [3.63, 3.8) is 0 Å². The van der Waals surface area contributed by atoms with Gasteiger partial charge in [0.05, 0.1) is 32.2 Å². The first-order chi connectivity index (χ1) is 12.0. The standard InChI is InChI=1S/C19H28N2O4/c1-4-25-19(23)15-9-11-21(12-10-15)13-18(22)20-14(2)16-7-5-6-8-17(16)24-3/h5-8,14-15H,4,9-13H2,1-3H3,(H,20,22). The van der Waals surface area contributed by atoms with Crippen LogP contribution < -0.4 is 10.1 Å². The lowest BCUT2D eigenvalue weighted by Crippen LogP contribution is -2.43. The number of nitrogens with one attached hydrogen (secondary N) is 1. The fraction of sp³-hybridized carbons (Fsp3) is 0.579. The van der Waals surface area contributed by atoms with Crippen LogP contribution in [0.3, 0.4) is 0 Å². The number of amides is 1. The SMILES string of the molecule is CCOC(=O)C1CCN(CC(=O)NC(C)c2ccccc2OC)CC1. The molecule has 138 valence electrons. The van der Waals surface area contributed by atoms with Crippen LogP contribution in [-0.4, -0.2) is 50.1 Å². The first-order valence-corrected chi connectivity index (χ1v) is 8.86. The molecule has 1 heterocycles. The Morgan fingerprint density at radius 3 is 2.60 bits per heavy atom. The van der Waals surface area contributed by atoms with Gasteiger partial charge in [-0.25, -0.2) is 0 Å². The monoisotopic (exact) mass is 348 g/mol. The number of carbonyl (C=O) groups is 2. The summed E-state index contributed by atoms with van der Waals surface area (Å²) in [4.78, 5) is 26.2. The van der Waals surface area contributed by atoms with Gasteiger partial charge < -0.3 is 14.8 Å². The van der Waals surface area contributed by atoms with Gasteiger partial charge in [-0.05, 0) is 45.8 Å². The molecular formula is C19H28N2O4. The molecule has 6 nitrogen and oxygen atoms in total. The summed E-state index contributed by atoms with van der Waals surface area (Å²) in [5.41, 5.74) is 0.958. The molecule has 1 aliphatic rings. The summed E-state index contributed by atoms with van der Waals surface area (Å²) in [5.74, 6) is 0.599. The molecule has 1 unspecified atom stereocenters. The van der Waals surface area contributed by atoms with E-state index in [9.17, 15) is 9.59 Å². The third-order valence-electron chi connectivity index (χ3n) is 4.56. The molecule has 25 heavy (non-hydrogen) atoms. The minimum Gasteiger partial charge on any atom is -0.496 e. The van der Waals surface area contributed by atoms with Crippen molar-refractivity contribution < 1.29 is 19.1 Å². The zero-order valence-corrected chi connectivity index (χ0v) is 15.3. The average molecular weight is 348 g/mol. The van der Waals surface area contributed by atoms with Gasteiger partial charge >= 0.3 is 5.97 Å². The maximum atomic E-state index is 12.3. The van der Waals surface area contributed by atoms with Crippen molar-refractivity contribution in [3.05, 3.63) is 29.8 Å². The minimum absolute atomic E-state index is 0.0204. The van der Waals surface area contributed by atoms with Gasteiger partial charge in [-0.15, -0.1) is 0 Å². The van der Waals surface area contributed by atoms with Crippen LogP contribution in [0.4, 0.5) is 0 Å². The molecule has 0 spiro atoms. The lowest BCUT2D eigenvalue weighted by atomic mass is 9.97. The zero-order chi connectivity index (χ0) is 18.2. The van der Waals surface area contributed by atoms with Crippen LogP contribution >= 0.6 is 0 Å². The number of piperidine rings is 1. The summed E-state index contributed by atoms with van der Waals surface area (Å²) >= 11 is 0. The summed E-state index contributed by atoms with van der Waals surface area (Å²) in [5, 5.41) is 3.02. The molecule has 0 aliphatic carbocycles. The van der Waals surface area contributed by atoms with Crippen molar-refractivity contribution in [2.75, 3.05) is 33.4 Å². The maximum absolute atomic E-state index is 12.3. The van der Waals surface area contributed by atoms with E-state index in [0.29, 0.717) is 13.2 Å². The van der Waals surface area contributed by atoms with Crippen molar-refractivity contribution in [1.82, 2.24) is 10.2 Å². The van der Waals surface area contributed by atoms with E-state index < -0.39 is 0 Å². The van der Waals surface area contributed by atoms with Crippen LogP contribution in [0.5, 0.6) is 5.75 Å². The summed E-state index contributed by atoms with van der Waals surface area (Å²) in [6.07, 6.45) is 1.49. The number of hydrogen-bond acceptors (Lipinski definition) is 5. The van der Waals surface area contributed by atoms with E-state index >= 15 is 0 Å². The Morgan fingerprint density at radius 2 is 1.96 bits per heavy atom. The van der Waals surface area contributed by atoms with Crippen LogP contribution in [-0.2, 0) is 14.3 Å². The fourth-order valence-electron chi connectivity index (χ4n) is 3.18. The molecule has 0 radical (unpaired) electrons. The largest absolute Gasteiger partial charge is 0.496 e. The van der Waals surface area contributed by atoms with Gasteiger partial charge in [0.15, 0.2) is 0 Å². The molecular weight excluding hydrogens is 320 g/mol. The number of likely N-dealkylation sites (tertiary alicyclic amines) is 1. The Kier molecular flexibility index (Phi) is 7.25. The molecule has 1 aromatic rings. The van der Waals surface area contributed by atoms with Crippen molar-refractivity contribution in [3.8, 4) is 5.75 Å². The quantitative estimate of drug-likeness (QED) is 0.765. The molecule has 6 heteroatoms. The predicted octanol–water partition coefficient (Wildman–Crippen LogP) is 2.15. The van der Waals surface area contributed by atoms with Gasteiger partial charge in [0.25, 0.3) is 0 Å². The van der Waals surface area contributed by atoms with Crippen molar-refractivity contribution in [2.45, 2.75) is 32.7 Å². The Morgan fingerprint density at radius 1 is 1.28 bits per heavy atom. The fourth-order valence-corrected chi connectivity index (χ4v) is 3.18. The summed E-state index contributed by atoms with van der Waals surface area (Å²) in [7, 11) is 1.63. The minimum atomic E-state index is -0.124. The van der Waals surface area contributed by atoms with Crippen LogP contribution in [0, 0.1) is 5.92 Å². The Bertz CT molecular complexity index is 583. The van der Waals surface area contributed by atoms with Gasteiger partial charge in [0, 0.05) is 5.56 Å². The molecule has 1 atom stereocenters. The molecule has 1 amide bonds. The van der Waals surface area contributed by atoms with E-state index in [-0.39, 0.29) is 23.8 Å². The van der Waals surface area contributed by atoms with Crippen LogP contribution in [0.25, 0.3) is 0 Å². The van der Waals surface area contributed by atoms with Crippen molar-refractivity contribution in [1.29, 1.82) is 0 Å². The number of nitrogens with zero attached hydrogens (tertiary/aromatic N) is 1. The smallest absolute Gasteiger partial charge is 0.309 e. The van der Waals surface area contributed by atoms with E-state index in [0.717, 1.165) is 37.2 Å². The molecule has 0 saturated carbocycles. The summed E-state index contributed by atoms with van der Waals surface area (Å²) in [6, 6.07) is 7.55. The first-order valence-electron chi connectivity index (χ1n) is 8.86. The maximum Gasteiger partial charge on any atom is 0.309 e. The summed E-state index contributed by atoms with van der Waals surface area (Å²) in [6.45, 7) is 6.00. The topological polar surface area (TPSA) is 67.9 Å². The molecule has 1 saturated heterocycles. The normalized spacial score (nSPS) is 16.9. The van der Waals surface area contributed by atoms with E-state index in [1.54, 1.807) is 7.11 Å². The third-order valence-corrected chi connectivity index (χ3v) is 4.56. The highest BCUT2D eigenvalue weighted by Gasteiger charge is 2.27. The van der Waals surface area contributed by atoms with E-state index in [4.69, 9.17) is 9.47 Å². The number of benzene rings is 1. The number of carbonyl (C=O) groups excluding carboxylic acids is 2. The third kappa shape index (κ3) is 5.46. The molecule has 1 fully saturated rings. The Balaban J connectivity index is 1.80. The lowest BCUT2D eigenvalue weighted by Gasteiger charge is -2.30. The second-order valence-electron chi connectivity index (χ2n) is 6.33. The lowest BCUT2D eigenvalue weighted by molar-refractivity contribution is -0.149. The number of ether oxygens (including phenoxy) is 2. The van der Waals surface area contributed by atoms with Crippen molar-refractivity contribution in [2.24, 2.45) is 5.92 Å². The number of para-hydroxylation sites is 1. The molecule has 0 aromatic heterocycles. The Labute approximate surface area is 149 Å². The van der Waals surface area contributed by atoms with Crippen molar-refractivity contribution >= 4 is 11.9 Å². The second kappa shape index (κ2) is 9.42. The van der Waals surface area contributed by atoms with Crippen LogP contribution in [0.15, 0.2) is 24.3 Å². The summed E-state index contributed by atoms with van der Waals surface area (Å²) < 4.78 is 10.4. The van der Waals surface area contributed by atoms with E-state index in [2.05, 4.69) is 10.2 Å². The second-order valence-corrected chi connectivity index (χ2v) is 6.33. The van der Waals surface area contributed by atoms with Gasteiger partial charge in [0.2, 0.25) is 5.91 Å². The highest BCUT2D eigenvalue weighted by atomic mass is 16.5. The van der Waals surface area contributed by atoms with Gasteiger partial charge in [0.1, 0.15) is 5.75 Å². The van der Waals surface area contributed by atoms with E-state index in [1.165, 1.54) is 0 Å². The predicted molar refractivity (Wildman–Crippen MR) is 95.3 cm³/mol. The molecule has 0 bridgehead atoms. The van der Waals surface area contributed by atoms with Gasteiger partial charge in [-0.3, -0.25) is 14.5 Å². The van der Waals surface area contributed by atoms with Crippen LogP contribution in [0.1, 0.15) is 38.3 Å².